The summed E-state index contributed by atoms with van der Waals surface area (Å²) in [6.07, 6.45) is 0. The molecule has 1 aromatic rings. The number of rotatable bonds is 2. The van der Waals surface area contributed by atoms with Gasteiger partial charge < -0.3 is 15.0 Å². The van der Waals surface area contributed by atoms with Gasteiger partial charge in [0.25, 0.3) is 0 Å². The number of para-hydroxylation sites is 1. The smallest absolute Gasteiger partial charge is 0.324 e. The van der Waals surface area contributed by atoms with Gasteiger partial charge in [0.15, 0.2) is 0 Å². The number of hydrogen-bond donors (Lipinski definition) is 1. The van der Waals surface area contributed by atoms with Crippen LogP contribution in [0.5, 0.6) is 0 Å². The molecule has 4 heteroatoms. The van der Waals surface area contributed by atoms with Crippen molar-refractivity contribution < 1.29 is 9.53 Å². The zero-order valence-corrected chi connectivity index (χ0v) is 9.35. The lowest BCUT2D eigenvalue weighted by molar-refractivity contribution is -0.143. The maximum absolute atomic E-state index is 11.4. The monoisotopic (exact) mass is 220 g/mol. The number of nitrogens with one attached hydrogen (secondary N) is 1. The molecule has 0 spiro atoms. The molecule has 0 aromatic heterocycles. The minimum absolute atomic E-state index is 0.194. The van der Waals surface area contributed by atoms with E-state index in [2.05, 4.69) is 22.3 Å². The minimum atomic E-state index is -0.223. The second kappa shape index (κ2) is 4.99. The van der Waals surface area contributed by atoms with E-state index in [1.807, 2.05) is 18.2 Å². The van der Waals surface area contributed by atoms with Crippen molar-refractivity contribution in [1.29, 1.82) is 0 Å². The number of anilines is 1. The van der Waals surface area contributed by atoms with Crippen LogP contribution in [0.15, 0.2) is 30.3 Å². The predicted octanol–water partition coefficient (Wildman–Crippen LogP) is 0.638. The third-order valence-corrected chi connectivity index (χ3v) is 2.78. The summed E-state index contributed by atoms with van der Waals surface area (Å²) in [4.78, 5) is 13.6. The number of carbonyl (C=O) groups is 1. The van der Waals surface area contributed by atoms with Crippen LogP contribution in [-0.2, 0) is 9.53 Å². The first-order chi connectivity index (χ1) is 7.81. The quantitative estimate of drug-likeness (QED) is 0.743. The van der Waals surface area contributed by atoms with Crippen LogP contribution < -0.4 is 10.2 Å². The third-order valence-electron chi connectivity index (χ3n) is 2.78. The van der Waals surface area contributed by atoms with E-state index in [-0.39, 0.29) is 12.0 Å². The van der Waals surface area contributed by atoms with E-state index in [4.69, 9.17) is 4.74 Å². The first kappa shape index (κ1) is 11.0. The van der Waals surface area contributed by atoms with Crippen molar-refractivity contribution in [2.75, 3.05) is 31.6 Å². The molecule has 0 saturated carbocycles. The lowest BCUT2D eigenvalue weighted by atomic mass is 10.2. The van der Waals surface area contributed by atoms with Crippen LogP contribution >= 0.6 is 0 Å². The molecule has 1 saturated heterocycles. The number of nitrogens with zero attached hydrogens (tertiary/aromatic N) is 1. The average Bonchev–Trinajstić information content (AvgIpc) is 2.39. The van der Waals surface area contributed by atoms with Crippen molar-refractivity contribution in [1.82, 2.24) is 5.32 Å². The highest BCUT2D eigenvalue weighted by molar-refractivity contribution is 5.77. The van der Waals surface area contributed by atoms with Gasteiger partial charge in [-0.2, -0.15) is 0 Å². The second-order valence-corrected chi connectivity index (χ2v) is 3.81. The molecule has 4 nitrogen and oxygen atoms in total. The fourth-order valence-electron chi connectivity index (χ4n) is 1.92. The Kier molecular flexibility index (Phi) is 3.41. The Morgan fingerprint density at radius 2 is 2.19 bits per heavy atom. The molecule has 2 rings (SSSR count). The average molecular weight is 220 g/mol. The molecule has 0 bridgehead atoms. The van der Waals surface area contributed by atoms with Gasteiger partial charge in [0.05, 0.1) is 7.11 Å². The fourth-order valence-corrected chi connectivity index (χ4v) is 1.92. The number of ether oxygens (including phenoxy) is 1. The molecule has 1 fully saturated rings. The molecule has 86 valence electrons. The molecule has 1 aromatic carbocycles. The van der Waals surface area contributed by atoms with E-state index in [1.165, 1.54) is 7.11 Å². The SMILES string of the molecule is COC(=O)[C@H]1CN(c2ccccc2)CCN1. The van der Waals surface area contributed by atoms with Crippen LogP contribution in [0.25, 0.3) is 0 Å². The zero-order valence-electron chi connectivity index (χ0n) is 9.35. The number of methoxy groups -OCH3 is 1. The maximum atomic E-state index is 11.4. The lowest BCUT2D eigenvalue weighted by Gasteiger charge is -2.33. The summed E-state index contributed by atoms with van der Waals surface area (Å²) >= 11 is 0. The Morgan fingerprint density at radius 3 is 2.88 bits per heavy atom. The van der Waals surface area contributed by atoms with Gasteiger partial charge in [0.2, 0.25) is 0 Å². The zero-order chi connectivity index (χ0) is 11.4. The van der Waals surface area contributed by atoms with Gasteiger partial charge in [0.1, 0.15) is 6.04 Å². The van der Waals surface area contributed by atoms with Gasteiger partial charge in [-0.05, 0) is 12.1 Å². The van der Waals surface area contributed by atoms with E-state index in [1.54, 1.807) is 0 Å². The highest BCUT2D eigenvalue weighted by Crippen LogP contribution is 2.15. The number of piperazine rings is 1. The van der Waals surface area contributed by atoms with Crippen LogP contribution in [0.3, 0.4) is 0 Å². The molecule has 1 aliphatic heterocycles. The summed E-state index contributed by atoms with van der Waals surface area (Å²) in [6, 6.07) is 9.89. The van der Waals surface area contributed by atoms with E-state index in [0.29, 0.717) is 6.54 Å². The van der Waals surface area contributed by atoms with E-state index in [9.17, 15) is 4.79 Å². The van der Waals surface area contributed by atoms with Gasteiger partial charge in [-0.25, -0.2) is 0 Å². The molecule has 1 heterocycles. The maximum Gasteiger partial charge on any atom is 0.324 e. The number of esters is 1. The first-order valence-electron chi connectivity index (χ1n) is 5.42. The fraction of sp³-hybridized carbons (Fsp3) is 0.417. The van der Waals surface area contributed by atoms with Gasteiger partial charge >= 0.3 is 5.97 Å². The van der Waals surface area contributed by atoms with Crippen molar-refractivity contribution in [2.24, 2.45) is 0 Å². The Morgan fingerprint density at radius 1 is 1.44 bits per heavy atom. The normalized spacial score (nSPS) is 20.6. The van der Waals surface area contributed by atoms with Crippen molar-refractivity contribution in [2.45, 2.75) is 6.04 Å². The molecule has 0 unspecified atom stereocenters. The van der Waals surface area contributed by atoms with E-state index in [0.717, 1.165) is 18.8 Å². The Bertz CT molecular complexity index is 353. The molecule has 0 radical (unpaired) electrons. The van der Waals surface area contributed by atoms with Crippen LogP contribution in [0.4, 0.5) is 5.69 Å². The van der Waals surface area contributed by atoms with Crippen molar-refractivity contribution in [3.05, 3.63) is 30.3 Å². The predicted molar refractivity (Wildman–Crippen MR) is 62.5 cm³/mol. The number of benzene rings is 1. The van der Waals surface area contributed by atoms with E-state index < -0.39 is 0 Å². The van der Waals surface area contributed by atoms with Crippen LogP contribution in [0.1, 0.15) is 0 Å². The Balaban J connectivity index is 2.05. The summed E-state index contributed by atoms with van der Waals surface area (Å²) in [5.74, 6) is -0.194. The summed E-state index contributed by atoms with van der Waals surface area (Å²) in [6.45, 7) is 2.38. The number of hydrogen-bond acceptors (Lipinski definition) is 4. The minimum Gasteiger partial charge on any atom is -0.468 e. The molecule has 16 heavy (non-hydrogen) atoms. The lowest BCUT2D eigenvalue weighted by Crippen LogP contribution is -2.54. The molecule has 0 amide bonds. The van der Waals surface area contributed by atoms with Crippen molar-refractivity contribution in [3.63, 3.8) is 0 Å². The molecule has 1 aliphatic rings. The summed E-state index contributed by atoms with van der Waals surface area (Å²) < 4.78 is 4.75. The van der Waals surface area contributed by atoms with Gasteiger partial charge in [-0.3, -0.25) is 4.79 Å². The van der Waals surface area contributed by atoms with Crippen molar-refractivity contribution in [3.8, 4) is 0 Å². The van der Waals surface area contributed by atoms with Gasteiger partial charge in [-0.1, -0.05) is 18.2 Å². The standard InChI is InChI=1S/C12H16N2O2/c1-16-12(15)11-9-14(8-7-13-11)10-5-3-2-4-6-10/h2-6,11,13H,7-9H2,1H3/t11-/m1/s1. The Hall–Kier alpha value is -1.55. The largest absolute Gasteiger partial charge is 0.468 e. The highest BCUT2D eigenvalue weighted by Gasteiger charge is 2.25. The highest BCUT2D eigenvalue weighted by atomic mass is 16.5. The van der Waals surface area contributed by atoms with Crippen molar-refractivity contribution >= 4 is 11.7 Å². The molecular formula is C12H16N2O2. The summed E-state index contributed by atoms with van der Waals surface area (Å²) in [5.41, 5.74) is 1.15. The topological polar surface area (TPSA) is 41.6 Å². The second-order valence-electron chi connectivity index (χ2n) is 3.81. The molecule has 1 N–H and O–H groups in total. The first-order valence-corrected chi connectivity index (χ1v) is 5.42. The Labute approximate surface area is 95.2 Å². The van der Waals surface area contributed by atoms with Gasteiger partial charge in [-0.15, -0.1) is 0 Å². The summed E-state index contributed by atoms with van der Waals surface area (Å²) in [7, 11) is 1.42. The molecular weight excluding hydrogens is 204 g/mol. The van der Waals surface area contributed by atoms with Crippen LogP contribution in [0, 0.1) is 0 Å². The molecule has 1 atom stereocenters. The third kappa shape index (κ3) is 2.33. The van der Waals surface area contributed by atoms with Crippen LogP contribution in [-0.4, -0.2) is 38.8 Å². The molecule has 0 aliphatic carbocycles. The number of carbonyl (C=O) groups excluding carboxylic acids is 1. The summed E-state index contributed by atoms with van der Waals surface area (Å²) in [5, 5.41) is 3.15. The van der Waals surface area contributed by atoms with E-state index >= 15 is 0 Å². The van der Waals surface area contributed by atoms with Crippen LogP contribution in [0.2, 0.25) is 0 Å². The van der Waals surface area contributed by atoms with Gasteiger partial charge in [0, 0.05) is 25.3 Å².